The van der Waals surface area contributed by atoms with Gasteiger partial charge < -0.3 is 11.1 Å². The monoisotopic (exact) mass is 310 g/mol. The van der Waals surface area contributed by atoms with Crippen LogP contribution in [0.4, 0.5) is 5.13 Å². The molecule has 2 heterocycles. The predicted octanol–water partition coefficient (Wildman–Crippen LogP) is 2.10. The maximum absolute atomic E-state index is 11.9. The van der Waals surface area contributed by atoms with Crippen molar-refractivity contribution < 1.29 is 4.79 Å². The molecule has 0 radical (unpaired) electrons. The van der Waals surface area contributed by atoms with Gasteiger partial charge >= 0.3 is 0 Å². The van der Waals surface area contributed by atoms with E-state index >= 15 is 0 Å². The third-order valence-corrected chi connectivity index (χ3v) is 4.69. The van der Waals surface area contributed by atoms with Crippen LogP contribution >= 0.6 is 11.3 Å². The highest BCUT2D eigenvalue weighted by molar-refractivity contribution is 7.15. The summed E-state index contributed by atoms with van der Waals surface area (Å²) in [7, 11) is 0. The highest BCUT2D eigenvalue weighted by atomic mass is 32.1. The van der Waals surface area contributed by atoms with Gasteiger partial charge in [-0.1, -0.05) is 20.8 Å². The lowest BCUT2D eigenvalue weighted by Crippen LogP contribution is -2.49. The van der Waals surface area contributed by atoms with E-state index in [1.165, 1.54) is 4.88 Å². The Labute approximate surface area is 130 Å². The molecule has 1 fully saturated rings. The van der Waals surface area contributed by atoms with Crippen LogP contribution in [0.5, 0.6) is 0 Å². The van der Waals surface area contributed by atoms with Crippen molar-refractivity contribution >= 4 is 22.4 Å². The zero-order chi connectivity index (χ0) is 15.4. The highest BCUT2D eigenvalue weighted by Gasteiger charge is 2.27. The predicted molar refractivity (Wildman–Crippen MR) is 87.0 cm³/mol. The van der Waals surface area contributed by atoms with E-state index in [-0.39, 0.29) is 5.91 Å². The van der Waals surface area contributed by atoms with Crippen molar-refractivity contribution in [2.75, 3.05) is 18.8 Å². The van der Waals surface area contributed by atoms with Gasteiger partial charge in [0.25, 0.3) is 0 Å². The first-order chi connectivity index (χ1) is 9.94. The number of nitrogens with zero attached hydrogens (tertiary/aromatic N) is 2. The Kier molecular flexibility index (Phi) is 5.58. The van der Waals surface area contributed by atoms with Crippen molar-refractivity contribution in [1.29, 1.82) is 0 Å². The first-order valence-corrected chi connectivity index (χ1v) is 8.47. The van der Waals surface area contributed by atoms with Gasteiger partial charge in [-0.15, -0.1) is 11.3 Å². The Morgan fingerprint density at radius 1 is 1.62 bits per heavy atom. The average molecular weight is 310 g/mol. The largest absolute Gasteiger partial charge is 0.375 e. The second kappa shape index (κ2) is 7.22. The van der Waals surface area contributed by atoms with Crippen LogP contribution < -0.4 is 11.1 Å². The maximum atomic E-state index is 11.9. The lowest BCUT2D eigenvalue weighted by Gasteiger charge is -2.37. The number of aromatic nitrogens is 1. The molecule has 0 saturated carbocycles. The molecule has 1 aromatic heterocycles. The van der Waals surface area contributed by atoms with Gasteiger partial charge in [0.2, 0.25) is 5.91 Å². The normalized spacial score (nSPS) is 23.4. The summed E-state index contributed by atoms with van der Waals surface area (Å²) in [5.74, 6) is 1.07. The third-order valence-electron chi connectivity index (χ3n) is 3.88. The summed E-state index contributed by atoms with van der Waals surface area (Å²) in [4.78, 5) is 19.6. The van der Waals surface area contributed by atoms with Crippen LogP contribution in [-0.2, 0) is 11.3 Å². The lowest BCUT2D eigenvalue weighted by molar-refractivity contribution is -0.123. The number of nitrogens with two attached hydrogens (primary N) is 1. The zero-order valence-electron chi connectivity index (χ0n) is 13.1. The molecular formula is C15H26N4OS. The van der Waals surface area contributed by atoms with Gasteiger partial charge in [0.1, 0.15) is 0 Å². The molecule has 1 aliphatic rings. The molecule has 1 aliphatic heterocycles. The van der Waals surface area contributed by atoms with Gasteiger partial charge in [0.05, 0.1) is 0 Å². The second-order valence-electron chi connectivity index (χ2n) is 6.44. The molecule has 0 spiro atoms. The van der Waals surface area contributed by atoms with Gasteiger partial charge in [-0.3, -0.25) is 9.69 Å². The van der Waals surface area contributed by atoms with Gasteiger partial charge in [-0.05, 0) is 18.3 Å². The summed E-state index contributed by atoms with van der Waals surface area (Å²) in [6.45, 7) is 9.29. The van der Waals surface area contributed by atoms with Crippen molar-refractivity contribution in [3.63, 3.8) is 0 Å². The number of carbonyl (C=O) groups excluding carboxylic acids is 1. The minimum atomic E-state index is 0.186. The Bertz CT molecular complexity index is 474. The average Bonchev–Trinajstić information content (AvgIpc) is 2.77. The van der Waals surface area contributed by atoms with E-state index in [1.807, 2.05) is 6.20 Å². The number of nitrogens with one attached hydrogen (secondary N) is 1. The molecule has 1 amide bonds. The van der Waals surface area contributed by atoms with E-state index in [4.69, 9.17) is 5.73 Å². The van der Waals surface area contributed by atoms with Crippen LogP contribution in [0.1, 0.15) is 38.5 Å². The maximum Gasteiger partial charge on any atom is 0.220 e. The van der Waals surface area contributed by atoms with E-state index in [0.717, 1.165) is 26.1 Å². The molecule has 5 nitrogen and oxygen atoms in total. The quantitative estimate of drug-likeness (QED) is 0.873. The Morgan fingerprint density at radius 2 is 2.38 bits per heavy atom. The first-order valence-electron chi connectivity index (χ1n) is 7.66. The number of hydrogen-bond acceptors (Lipinski definition) is 5. The van der Waals surface area contributed by atoms with E-state index in [0.29, 0.717) is 29.4 Å². The molecule has 1 saturated heterocycles. The molecule has 21 heavy (non-hydrogen) atoms. The van der Waals surface area contributed by atoms with E-state index in [2.05, 4.69) is 36.0 Å². The Morgan fingerprint density at radius 3 is 2.95 bits per heavy atom. The standard InChI is InChI=1S/C15H26N4OS/c1-10(2)6-14(20)18-13-4-5-19(8-11(13)3)9-12-7-17-15(16)21-12/h7,10-11,13H,4-6,8-9H2,1-3H3,(H2,16,17)(H,18,20). The fourth-order valence-electron chi connectivity index (χ4n) is 2.84. The smallest absolute Gasteiger partial charge is 0.220 e. The minimum absolute atomic E-state index is 0.186. The van der Waals surface area contributed by atoms with Crippen molar-refractivity contribution in [1.82, 2.24) is 15.2 Å². The van der Waals surface area contributed by atoms with Gasteiger partial charge in [0.15, 0.2) is 5.13 Å². The molecule has 118 valence electrons. The van der Waals surface area contributed by atoms with Crippen LogP contribution in [0.3, 0.4) is 0 Å². The summed E-state index contributed by atoms with van der Waals surface area (Å²) in [6, 6.07) is 0.305. The summed E-state index contributed by atoms with van der Waals surface area (Å²) >= 11 is 1.56. The number of likely N-dealkylation sites (tertiary alicyclic amines) is 1. The van der Waals surface area contributed by atoms with E-state index in [1.54, 1.807) is 11.3 Å². The number of anilines is 1. The fourth-order valence-corrected chi connectivity index (χ4v) is 3.57. The van der Waals surface area contributed by atoms with Crippen LogP contribution in [0.2, 0.25) is 0 Å². The number of rotatable bonds is 5. The summed E-state index contributed by atoms with van der Waals surface area (Å²) in [5, 5.41) is 3.83. The second-order valence-corrected chi connectivity index (χ2v) is 7.58. The number of piperidine rings is 1. The van der Waals surface area contributed by atoms with E-state index in [9.17, 15) is 4.79 Å². The molecule has 6 heteroatoms. The van der Waals surface area contributed by atoms with Crippen molar-refractivity contribution in [3.05, 3.63) is 11.1 Å². The lowest BCUT2D eigenvalue weighted by atomic mass is 9.93. The minimum Gasteiger partial charge on any atom is -0.375 e. The first kappa shape index (κ1) is 16.2. The van der Waals surface area contributed by atoms with Crippen LogP contribution in [-0.4, -0.2) is 34.9 Å². The van der Waals surface area contributed by atoms with Crippen molar-refractivity contribution in [2.24, 2.45) is 11.8 Å². The topological polar surface area (TPSA) is 71.2 Å². The molecule has 2 unspecified atom stereocenters. The zero-order valence-corrected chi connectivity index (χ0v) is 13.9. The van der Waals surface area contributed by atoms with Gasteiger partial charge in [-0.25, -0.2) is 4.98 Å². The summed E-state index contributed by atoms with van der Waals surface area (Å²) in [6.07, 6.45) is 3.49. The molecule has 0 bridgehead atoms. The number of nitrogen functional groups attached to an aromatic ring is 1. The fraction of sp³-hybridized carbons (Fsp3) is 0.733. The van der Waals surface area contributed by atoms with Crippen LogP contribution in [0.25, 0.3) is 0 Å². The van der Waals surface area contributed by atoms with Crippen molar-refractivity contribution in [3.8, 4) is 0 Å². The van der Waals surface area contributed by atoms with E-state index < -0.39 is 0 Å². The highest BCUT2D eigenvalue weighted by Crippen LogP contribution is 2.22. The molecular weight excluding hydrogens is 284 g/mol. The Balaban J connectivity index is 1.80. The number of thiazole rings is 1. The molecule has 0 aliphatic carbocycles. The number of hydrogen-bond donors (Lipinski definition) is 2. The van der Waals surface area contributed by atoms with Crippen LogP contribution in [0, 0.1) is 11.8 Å². The summed E-state index contributed by atoms with van der Waals surface area (Å²) in [5.41, 5.74) is 5.67. The van der Waals surface area contributed by atoms with Gasteiger partial charge in [0, 0.05) is 43.2 Å². The number of carbonyl (C=O) groups is 1. The SMILES string of the molecule is CC(C)CC(=O)NC1CCN(Cc2cnc(N)s2)CC1C. The van der Waals surface area contributed by atoms with Crippen LogP contribution in [0.15, 0.2) is 6.20 Å². The summed E-state index contributed by atoms with van der Waals surface area (Å²) < 4.78 is 0. The Hall–Kier alpha value is -1.14. The molecule has 0 aromatic carbocycles. The molecule has 1 aromatic rings. The molecule has 2 rings (SSSR count). The van der Waals surface area contributed by atoms with Crippen molar-refractivity contribution in [2.45, 2.75) is 46.2 Å². The third kappa shape index (κ3) is 4.97. The molecule has 3 N–H and O–H groups in total. The molecule has 2 atom stereocenters. The van der Waals surface area contributed by atoms with Gasteiger partial charge in [-0.2, -0.15) is 0 Å². The number of amides is 1.